The predicted molar refractivity (Wildman–Crippen MR) is 145 cm³/mol. The van der Waals surface area contributed by atoms with E-state index in [-0.39, 0.29) is 30.2 Å². The maximum atomic E-state index is 12.6. The van der Waals surface area contributed by atoms with Crippen LogP contribution in [0.3, 0.4) is 0 Å². The van der Waals surface area contributed by atoms with Crippen molar-refractivity contribution in [3.05, 3.63) is 52.6 Å². The molecule has 0 unspecified atom stereocenters. The second-order valence-electron chi connectivity index (χ2n) is 10.2. The van der Waals surface area contributed by atoms with E-state index in [9.17, 15) is 14.4 Å². The molecule has 0 spiro atoms. The number of anilines is 1. The summed E-state index contributed by atoms with van der Waals surface area (Å²) >= 11 is 0. The summed E-state index contributed by atoms with van der Waals surface area (Å²) in [6.07, 6.45) is 3.64. The largest absolute Gasteiger partial charge is 0.354 e. The number of aryl methyl sites for hydroxylation is 1. The van der Waals surface area contributed by atoms with E-state index in [2.05, 4.69) is 15.2 Å². The fourth-order valence-corrected chi connectivity index (χ4v) is 4.50. The van der Waals surface area contributed by atoms with Crippen LogP contribution < -0.4 is 22.5 Å². The maximum Gasteiger partial charge on any atom is 0.354 e. The van der Waals surface area contributed by atoms with Crippen molar-refractivity contribution in [2.75, 3.05) is 51.1 Å². The van der Waals surface area contributed by atoms with E-state index in [1.807, 2.05) is 24.3 Å². The minimum Gasteiger partial charge on any atom is -0.338 e. The van der Waals surface area contributed by atoms with Crippen molar-refractivity contribution in [3.63, 3.8) is 0 Å². The first-order chi connectivity index (χ1) is 17.1. The Balaban J connectivity index is 0.00000380. The molecule has 2 aliphatic heterocycles. The fourth-order valence-electron chi connectivity index (χ4n) is 4.50. The molecule has 0 bridgehead atoms. The third-order valence-corrected chi connectivity index (χ3v) is 6.58. The topological polar surface area (TPSA) is 143 Å². The Morgan fingerprint density at radius 1 is 1.05 bits per heavy atom. The van der Waals surface area contributed by atoms with Gasteiger partial charge in [0.25, 0.3) is 0 Å². The Hall–Kier alpha value is -2.99. The van der Waals surface area contributed by atoms with E-state index < -0.39 is 11.2 Å². The van der Waals surface area contributed by atoms with Gasteiger partial charge < -0.3 is 26.2 Å². The first-order valence-electron chi connectivity index (χ1n) is 12.4. The van der Waals surface area contributed by atoms with Gasteiger partial charge >= 0.3 is 11.7 Å². The molecule has 1 aromatic carbocycles. The van der Waals surface area contributed by atoms with Crippen LogP contribution in [-0.4, -0.2) is 93.6 Å². The molecule has 2 saturated heterocycles. The molecule has 0 aliphatic carbocycles. The molecule has 37 heavy (non-hydrogen) atoms. The number of piperazine rings is 1. The Kier molecular flexibility index (Phi) is 9.30. The molecule has 4 rings (SSSR count). The number of likely N-dealkylation sites (tertiary alicyclic amines) is 1. The monoisotopic (exact) mass is 532 g/mol. The summed E-state index contributed by atoms with van der Waals surface area (Å²) in [5.41, 5.74) is 12.2. The lowest BCUT2D eigenvalue weighted by Gasteiger charge is -2.37. The van der Waals surface area contributed by atoms with Gasteiger partial charge in [0.2, 0.25) is 5.91 Å². The number of nitrogens with zero attached hydrogens (tertiary/aromatic N) is 5. The number of rotatable bonds is 7. The molecule has 2 aromatic rings. The van der Waals surface area contributed by atoms with Gasteiger partial charge in [-0.3, -0.25) is 14.7 Å². The van der Waals surface area contributed by atoms with E-state index >= 15 is 0 Å². The van der Waals surface area contributed by atoms with Gasteiger partial charge in [-0.25, -0.2) is 9.59 Å². The van der Waals surface area contributed by atoms with Gasteiger partial charge in [0.05, 0.1) is 11.2 Å². The smallest absolute Gasteiger partial charge is 0.338 e. The number of hydrogen-bond donors (Lipinski definition) is 3. The van der Waals surface area contributed by atoms with Crippen LogP contribution in [0.25, 0.3) is 5.69 Å². The molecule has 0 atom stereocenters. The van der Waals surface area contributed by atoms with E-state index in [4.69, 9.17) is 11.5 Å². The Morgan fingerprint density at radius 2 is 1.68 bits per heavy atom. The molecular formula is C25H37ClN8O3. The number of benzene rings is 1. The lowest BCUT2D eigenvalue weighted by atomic mass is 10.1. The number of carbonyl (C=O) groups is 2. The highest BCUT2D eigenvalue weighted by atomic mass is 35.5. The first-order valence-corrected chi connectivity index (χ1v) is 12.4. The molecule has 3 amide bonds. The number of urea groups is 1. The summed E-state index contributed by atoms with van der Waals surface area (Å²) in [6.45, 7) is 7.92. The number of amides is 3. The van der Waals surface area contributed by atoms with Gasteiger partial charge in [-0.1, -0.05) is 12.1 Å². The highest BCUT2D eigenvalue weighted by Gasteiger charge is 2.31. The average Bonchev–Trinajstić information content (AvgIpc) is 2.82. The third-order valence-electron chi connectivity index (χ3n) is 6.58. The number of nitrogens with two attached hydrogens (primary N) is 2. The zero-order valence-electron chi connectivity index (χ0n) is 21.4. The molecule has 5 N–H and O–H groups in total. The molecule has 0 saturated carbocycles. The zero-order chi connectivity index (χ0) is 25.9. The van der Waals surface area contributed by atoms with Crippen LogP contribution in [0.1, 0.15) is 25.8 Å². The molecule has 2 aliphatic rings. The van der Waals surface area contributed by atoms with Crippen molar-refractivity contribution in [1.29, 1.82) is 0 Å². The van der Waals surface area contributed by atoms with Gasteiger partial charge in [-0.2, -0.15) is 4.98 Å². The van der Waals surface area contributed by atoms with Gasteiger partial charge in [-0.15, -0.1) is 12.4 Å². The summed E-state index contributed by atoms with van der Waals surface area (Å²) in [4.78, 5) is 47.2. The molecular weight excluding hydrogens is 496 g/mol. The predicted octanol–water partition coefficient (Wildman–Crippen LogP) is 0.643. The Morgan fingerprint density at radius 3 is 2.24 bits per heavy atom. The van der Waals surface area contributed by atoms with Crippen molar-refractivity contribution in [3.8, 4) is 5.69 Å². The normalized spacial score (nSPS) is 16.6. The quantitative estimate of drug-likeness (QED) is 0.475. The van der Waals surface area contributed by atoms with Crippen LogP contribution in [0, 0.1) is 0 Å². The minimum atomic E-state index is -0.943. The third kappa shape index (κ3) is 7.29. The Bertz CT molecular complexity index is 1130. The summed E-state index contributed by atoms with van der Waals surface area (Å²) < 4.78 is 1.44. The lowest BCUT2D eigenvalue weighted by molar-refractivity contribution is -0.137. The van der Waals surface area contributed by atoms with E-state index in [0.29, 0.717) is 37.9 Å². The average molecular weight is 533 g/mol. The van der Waals surface area contributed by atoms with Gasteiger partial charge in [0.1, 0.15) is 5.82 Å². The summed E-state index contributed by atoms with van der Waals surface area (Å²) in [5.74, 6) is 0.0444. The van der Waals surface area contributed by atoms with E-state index in [1.54, 1.807) is 35.9 Å². The molecule has 0 radical (unpaired) electrons. The molecule has 2 fully saturated rings. The molecule has 202 valence electrons. The second kappa shape index (κ2) is 12.0. The summed E-state index contributed by atoms with van der Waals surface area (Å²) in [6, 6.07) is 9.42. The number of aromatic nitrogens is 2. The van der Waals surface area contributed by atoms with Crippen molar-refractivity contribution in [2.24, 2.45) is 11.5 Å². The van der Waals surface area contributed by atoms with Crippen LogP contribution in [0.4, 0.5) is 10.6 Å². The van der Waals surface area contributed by atoms with Crippen molar-refractivity contribution < 1.29 is 9.59 Å². The van der Waals surface area contributed by atoms with Crippen molar-refractivity contribution >= 4 is 30.2 Å². The second-order valence-corrected chi connectivity index (χ2v) is 10.2. The first kappa shape index (κ1) is 28.6. The molecule has 11 nitrogen and oxygen atoms in total. The van der Waals surface area contributed by atoms with Gasteiger partial charge in [0.15, 0.2) is 0 Å². The fraction of sp³-hybridized carbons (Fsp3) is 0.520. The molecule has 1 aromatic heterocycles. The Labute approximate surface area is 223 Å². The molecule has 12 heteroatoms. The van der Waals surface area contributed by atoms with E-state index in [0.717, 1.165) is 32.5 Å². The van der Waals surface area contributed by atoms with Crippen LogP contribution in [-0.2, 0) is 11.2 Å². The standard InChI is InChI=1S/C25H36N8O3.ClH/c1-25(2,27)22(34)31-12-14-32(15-13-31)23(35)28-21-9-11-33(24(36)29-21)20-7-5-18(6-8-20)4-3-10-30-16-19(26)17-30;/h5-9,11,19H,3-4,10,12-17,26-27H2,1-2H3,(H,28,29,35,36);1H. The van der Waals surface area contributed by atoms with Crippen LogP contribution in [0.2, 0.25) is 0 Å². The number of nitrogens with one attached hydrogen (secondary N) is 1. The van der Waals surface area contributed by atoms with E-state index in [1.165, 1.54) is 10.1 Å². The van der Waals surface area contributed by atoms with Crippen LogP contribution in [0.5, 0.6) is 0 Å². The molecule has 3 heterocycles. The summed E-state index contributed by atoms with van der Waals surface area (Å²) in [5, 5.41) is 2.68. The summed E-state index contributed by atoms with van der Waals surface area (Å²) in [7, 11) is 0. The number of hydrogen-bond acceptors (Lipinski definition) is 7. The van der Waals surface area contributed by atoms with Gasteiger partial charge in [-0.05, 0) is 57.0 Å². The maximum absolute atomic E-state index is 12.6. The highest BCUT2D eigenvalue weighted by Crippen LogP contribution is 2.13. The zero-order valence-corrected chi connectivity index (χ0v) is 22.2. The minimum absolute atomic E-state index is 0. The highest BCUT2D eigenvalue weighted by molar-refractivity contribution is 5.89. The number of halogens is 1. The van der Waals surface area contributed by atoms with Crippen LogP contribution in [0.15, 0.2) is 41.3 Å². The lowest BCUT2D eigenvalue weighted by Crippen LogP contribution is -2.58. The SMILES string of the molecule is CC(C)(N)C(=O)N1CCN(C(=O)Nc2ccn(-c3ccc(CCCN4CC(N)C4)cc3)c(=O)n2)CC1.Cl. The van der Waals surface area contributed by atoms with Gasteiger partial charge in [0, 0.05) is 51.5 Å². The van der Waals surface area contributed by atoms with Crippen LogP contribution >= 0.6 is 12.4 Å². The van der Waals surface area contributed by atoms with Crippen molar-refractivity contribution in [1.82, 2.24) is 24.3 Å². The number of carbonyl (C=O) groups excluding carboxylic acids is 2. The van der Waals surface area contributed by atoms with Crippen molar-refractivity contribution in [2.45, 2.75) is 38.3 Å².